The molecule has 0 amide bonds. The summed E-state index contributed by atoms with van der Waals surface area (Å²) in [4.78, 5) is 0. The van der Waals surface area contributed by atoms with Gasteiger partial charge in [-0.2, -0.15) is 0 Å². The fourth-order valence-electron chi connectivity index (χ4n) is 2.39. The summed E-state index contributed by atoms with van der Waals surface area (Å²) in [5, 5.41) is 0. The Bertz CT molecular complexity index is 563. The lowest BCUT2D eigenvalue weighted by molar-refractivity contribution is 0.414. The van der Waals surface area contributed by atoms with Gasteiger partial charge in [0.15, 0.2) is 0 Å². The highest BCUT2D eigenvalue weighted by Gasteiger charge is 2.20. The molecule has 0 aliphatic carbocycles. The number of ether oxygens (including phenoxy) is 1. The van der Waals surface area contributed by atoms with Crippen LogP contribution >= 0.6 is 0 Å². The van der Waals surface area contributed by atoms with E-state index in [0.29, 0.717) is 6.42 Å². The molecular weight excluding hydrogens is 253 g/mol. The van der Waals surface area contributed by atoms with Crippen molar-refractivity contribution in [2.45, 2.75) is 25.3 Å². The van der Waals surface area contributed by atoms with Gasteiger partial charge in [0.25, 0.3) is 0 Å². The third kappa shape index (κ3) is 4.07. The summed E-state index contributed by atoms with van der Waals surface area (Å²) in [5.41, 5.74) is 8.00. The highest BCUT2D eigenvalue weighted by atomic mass is 19.1. The number of halogens is 1. The lowest BCUT2D eigenvalue weighted by atomic mass is 9.87. The van der Waals surface area contributed by atoms with E-state index < -0.39 is 5.54 Å². The number of hydrogen-bond donors (Lipinski definition) is 1. The molecule has 2 aromatic rings. The third-order valence-electron chi connectivity index (χ3n) is 3.26. The number of rotatable bonds is 5. The first-order valence-corrected chi connectivity index (χ1v) is 6.65. The summed E-state index contributed by atoms with van der Waals surface area (Å²) < 4.78 is 18.3. The van der Waals surface area contributed by atoms with Crippen molar-refractivity contribution in [3.8, 4) is 5.75 Å². The van der Waals surface area contributed by atoms with Crippen molar-refractivity contribution in [2.24, 2.45) is 5.73 Å². The first-order valence-electron chi connectivity index (χ1n) is 6.65. The van der Waals surface area contributed by atoms with Crippen LogP contribution in [0.15, 0.2) is 48.5 Å². The van der Waals surface area contributed by atoms with Crippen LogP contribution in [-0.4, -0.2) is 12.6 Å². The molecular formula is C17H20FNO. The Morgan fingerprint density at radius 1 is 1.05 bits per heavy atom. The van der Waals surface area contributed by atoms with Crippen molar-refractivity contribution in [1.29, 1.82) is 0 Å². The molecule has 0 heterocycles. The second kappa shape index (κ2) is 6.06. The number of benzene rings is 2. The van der Waals surface area contributed by atoms with Gasteiger partial charge in [-0.3, -0.25) is 0 Å². The molecule has 0 aliphatic heterocycles. The smallest absolute Gasteiger partial charge is 0.123 e. The van der Waals surface area contributed by atoms with Crippen LogP contribution in [-0.2, 0) is 12.8 Å². The molecule has 0 fully saturated rings. The standard InChI is InChI=1S/C17H20FNO/c1-17(19,12-14-4-3-5-15(18)10-14)11-13-6-8-16(20-2)9-7-13/h3-10H,11-12,19H2,1-2H3. The lowest BCUT2D eigenvalue weighted by Gasteiger charge is -2.25. The molecule has 2 aromatic carbocycles. The Balaban J connectivity index is 2.06. The van der Waals surface area contributed by atoms with Crippen LogP contribution in [0.2, 0.25) is 0 Å². The Hall–Kier alpha value is -1.87. The molecule has 0 spiro atoms. The molecule has 0 aliphatic rings. The molecule has 2 N–H and O–H groups in total. The predicted octanol–water partition coefficient (Wildman–Crippen LogP) is 3.34. The quantitative estimate of drug-likeness (QED) is 0.907. The predicted molar refractivity (Wildman–Crippen MR) is 79.4 cm³/mol. The van der Waals surface area contributed by atoms with Crippen LogP contribution in [0.3, 0.4) is 0 Å². The Morgan fingerprint density at radius 3 is 2.30 bits per heavy atom. The number of methoxy groups -OCH3 is 1. The van der Waals surface area contributed by atoms with E-state index >= 15 is 0 Å². The molecule has 0 radical (unpaired) electrons. The highest BCUT2D eigenvalue weighted by Crippen LogP contribution is 2.19. The van der Waals surface area contributed by atoms with Gasteiger partial charge >= 0.3 is 0 Å². The zero-order valence-corrected chi connectivity index (χ0v) is 11.9. The van der Waals surface area contributed by atoms with Gasteiger partial charge in [0.2, 0.25) is 0 Å². The van der Waals surface area contributed by atoms with Gasteiger partial charge in [-0.15, -0.1) is 0 Å². The largest absolute Gasteiger partial charge is 0.497 e. The van der Waals surface area contributed by atoms with Crippen molar-refractivity contribution in [2.75, 3.05) is 7.11 Å². The first-order chi connectivity index (χ1) is 9.48. The maximum atomic E-state index is 13.2. The topological polar surface area (TPSA) is 35.2 Å². The second-order valence-corrected chi connectivity index (χ2v) is 5.49. The maximum Gasteiger partial charge on any atom is 0.123 e. The maximum absolute atomic E-state index is 13.2. The Labute approximate surface area is 119 Å². The van der Waals surface area contributed by atoms with Crippen molar-refractivity contribution in [1.82, 2.24) is 0 Å². The van der Waals surface area contributed by atoms with E-state index in [4.69, 9.17) is 10.5 Å². The second-order valence-electron chi connectivity index (χ2n) is 5.49. The average molecular weight is 273 g/mol. The van der Waals surface area contributed by atoms with Gasteiger partial charge in [0.05, 0.1) is 7.11 Å². The summed E-state index contributed by atoms with van der Waals surface area (Å²) in [6.45, 7) is 1.99. The van der Waals surface area contributed by atoms with Gasteiger partial charge in [-0.25, -0.2) is 4.39 Å². The van der Waals surface area contributed by atoms with E-state index in [1.807, 2.05) is 37.3 Å². The molecule has 3 heteroatoms. The van der Waals surface area contributed by atoms with Crippen molar-refractivity contribution < 1.29 is 9.13 Å². The summed E-state index contributed by atoms with van der Waals surface area (Å²) in [6.07, 6.45) is 1.37. The molecule has 2 rings (SSSR count). The van der Waals surface area contributed by atoms with E-state index in [0.717, 1.165) is 23.3 Å². The van der Waals surface area contributed by atoms with Crippen LogP contribution in [0, 0.1) is 5.82 Å². The van der Waals surface area contributed by atoms with E-state index in [1.54, 1.807) is 19.2 Å². The molecule has 20 heavy (non-hydrogen) atoms. The van der Waals surface area contributed by atoms with Crippen LogP contribution in [0.5, 0.6) is 5.75 Å². The van der Waals surface area contributed by atoms with E-state index in [-0.39, 0.29) is 5.82 Å². The average Bonchev–Trinajstić information content (AvgIpc) is 2.38. The van der Waals surface area contributed by atoms with E-state index in [2.05, 4.69) is 0 Å². The molecule has 2 nitrogen and oxygen atoms in total. The van der Waals surface area contributed by atoms with E-state index in [1.165, 1.54) is 6.07 Å². The SMILES string of the molecule is COc1ccc(CC(C)(N)Cc2cccc(F)c2)cc1. The minimum Gasteiger partial charge on any atom is -0.497 e. The summed E-state index contributed by atoms with van der Waals surface area (Å²) >= 11 is 0. The molecule has 0 aromatic heterocycles. The van der Waals surface area contributed by atoms with Gasteiger partial charge in [0.1, 0.15) is 11.6 Å². The molecule has 106 valence electrons. The van der Waals surface area contributed by atoms with Gasteiger partial charge in [-0.1, -0.05) is 24.3 Å². The fraction of sp³-hybridized carbons (Fsp3) is 0.294. The van der Waals surface area contributed by atoms with Gasteiger partial charge in [0, 0.05) is 5.54 Å². The monoisotopic (exact) mass is 273 g/mol. The first kappa shape index (κ1) is 14.5. The Morgan fingerprint density at radius 2 is 1.70 bits per heavy atom. The normalized spacial score (nSPS) is 13.8. The Kier molecular flexibility index (Phi) is 4.40. The van der Waals surface area contributed by atoms with Crippen LogP contribution in [0.1, 0.15) is 18.1 Å². The molecule has 0 saturated carbocycles. The van der Waals surface area contributed by atoms with Crippen LogP contribution < -0.4 is 10.5 Å². The van der Waals surface area contributed by atoms with Crippen LogP contribution in [0.25, 0.3) is 0 Å². The molecule has 0 bridgehead atoms. The van der Waals surface area contributed by atoms with Gasteiger partial charge < -0.3 is 10.5 Å². The minimum atomic E-state index is -0.414. The number of nitrogens with two attached hydrogens (primary N) is 1. The zero-order valence-electron chi connectivity index (χ0n) is 11.9. The molecule has 1 atom stereocenters. The number of hydrogen-bond acceptors (Lipinski definition) is 2. The van der Waals surface area contributed by atoms with Crippen molar-refractivity contribution in [3.05, 3.63) is 65.5 Å². The lowest BCUT2D eigenvalue weighted by Crippen LogP contribution is -2.40. The summed E-state index contributed by atoms with van der Waals surface area (Å²) in [5.74, 6) is 0.611. The minimum absolute atomic E-state index is 0.220. The van der Waals surface area contributed by atoms with Crippen molar-refractivity contribution in [3.63, 3.8) is 0 Å². The molecule has 1 unspecified atom stereocenters. The third-order valence-corrected chi connectivity index (χ3v) is 3.26. The fourth-order valence-corrected chi connectivity index (χ4v) is 2.39. The summed E-state index contributed by atoms with van der Waals surface area (Å²) in [7, 11) is 1.64. The van der Waals surface area contributed by atoms with Gasteiger partial charge in [-0.05, 0) is 55.2 Å². The van der Waals surface area contributed by atoms with Crippen molar-refractivity contribution >= 4 is 0 Å². The van der Waals surface area contributed by atoms with Crippen LogP contribution in [0.4, 0.5) is 4.39 Å². The molecule has 0 saturated heterocycles. The van der Waals surface area contributed by atoms with E-state index in [9.17, 15) is 4.39 Å². The zero-order chi connectivity index (χ0) is 14.6. The highest BCUT2D eigenvalue weighted by molar-refractivity contribution is 5.29. The summed E-state index contributed by atoms with van der Waals surface area (Å²) in [6, 6.07) is 14.5.